The summed E-state index contributed by atoms with van der Waals surface area (Å²) in [6.07, 6.45) is 2.34. The van der Waals surface area contributed by atoms with Crippen LogP contribution in [0.1, 0.15) is 50.2 Å². The van der Waals surface area contributed by atoms with Gasteiger partial charge < -0.3 is 14.4 Å². The number of Topliss-reactive ketones (excluding diaryl/α,β-unsaturated/α-hetero) is 1. The second kappa shape index (κ2) is 7.95. The van der Waals surface area contributed by atoms with E-state index in [1.165, 1.54) is 10.4 Å². The Bertz CT molecular complexity index is 896. The van der Waals surface area contributed by atoms with E-state index in [0.717, 1.165) is 11.3 Å². The number of ketones is 1. The van der Waals surface area contributed by atoms with Crippen molar-refractivity contribution in [1.29, 1.82) is 0 Å². The highest BCUT2D eigenvalue weighted by atomic mass is 32.1. The number of thiophene rings is 1. The number of ether oxygens (including phenoxy) is 2. The predicted molar refractivity (Wildman–Crippen MR) is 109 cm³/mol. The third kappa shape index (κ3) is 3.65. The van der Waals surface area contributed by atoms with Crippen molar-refractivity contribution in [1.82, 2.24) is 4.90 Å². The number of likely N-dealkylation sites (tertiary alicyclic amines) is 1. The zero-order chi connectivity index (χ0) is 19.7. The number of rotatable bonds is 4. The van der Waals surface area contributed by atoms with Crippen LogP contribution < -0.4 is 9.47 Å². The Balaban J connectivity index is 1.39. The number of benzene rings is 1. The molecule has 2 aromatic rings. The Labute approximate surface area is 169 Å². The van der Waals surface area contributed by atoms with Gasteiger partial charge in [0.2, 0.25) is 0 Å². The number of piperidine rings is 1. The first-order valence-corrected chi connectivity index (χ1v) is 10.7. The van der Waals surface area contributed by atoms with Crippen LogP contribution in [0.25, 0.3) is 0 Å². The number of amides is 1. The van der Waals surface area contributed by atoms with Gasteiger partial charge in [-0.25, -0.2) is 0 Å². The first-order valence-electron chi connectivity index (χ1n) is 9.89. The zero-order valence-corrected chi connectivity index (χ0v) is 17.1. The standard InChI is InChI=1S/C22H25NO4S/c1-3-15-13-20(28-14(15)2)22(25)23-8-6-16(7-9-23)21(24)17-4-5-18-19(12-17)27-11-10-26-18/h4-5,12-13,16H,3,6-11H2,1-2H3. The van der Waals surface area contributed by atoms with Crippen LogP contribution in [-0.4, -0.2) is 42.9 Å². The highest BCUT2D eigenvalue weighted by Crippen LogP contribution is 2.33. The second-order valence-electron chi connectivity index (χ2n) is 7.33. The molecule has 0 N–H and O–H groups in total. The Morgan fingerprint density at radius 2 is 1.82 bits per heavy atom. The molecule has 2 aliphatic rings. The maximum Gasteiger partial charge on any atom is 0.263 e. The number of fused-ring (bicyclic) bond motifs is 1. The molecule has 3 heterocycles. The average molecular weight is 400 g/mol. The van der Waals surface area contributed by atoms with E-state index in [2.05, 4.69) is 13.8 Å². The van der Waals surface area contributed by atoms with Crippen LogP contribution in [0.2, 0.25) is 0 Å². The summed E-state index contributed by atoms with van der Waals surface area (Å²) in [5.74, 6) is 1.51. The Morgan fingerprint density at radius 1 is 1.11 bits per heavy atom. The summed E-state index contributed by atoms with van der Waals surface area (Å²) in [5.41, 5.74) is 1.91. The summed E-state index contributed by atoms with van der Waals surface area (Å²) in [6, 6.07) is 7.43. The predicted octanol–water partition coefficient (Wildman–Crippen LogP) is 4.13. The van der Waals surface area contributed by atoms with Gasteiger partial charge in [-0.05, 0) is 56.0 Å². The van der Waals surface area contributed by atoms with Gasteiger partial charge in [0.15, 0.2) is 17.3 Å². The molecule has 2 aliphatic heterocycles. The molecule has 0 bridgehead atoms. The first kappa shape index (κ1) is 19.0. The molecule has 28 heavy (non-hydrogen) atoms. The lowest BCUT2D eigenvalue weighted by Crippen LogP contribution is -2.40. The van der Waals surface area contributed by atoms with Crippen molar-refractivity contribution < 1.29 is 19.1 Å². The maximum absolute atomic E-state index is 12.9. The third-order valence-electron chi connectivity index (χ3n) is 5.59. The summed E-state index contributed by atoms with van der Waals surface area (Å²) in [7, 11) is 0. The van der Waals surface area contributed by atoms with Crippen molar-refractivity contribution in [3.8, 4) is 11.5 Å². The van der Waals surface area contributed by atoms with Crippen molar-refractivity contribution in [3.63, 3.8) is 0 Å². The second-order valence-corrected chi connectivity index (χ2v) is 8.59. The summed E-state index contributed by atoms with van der Waals surface area (Å²) in [6.45, 7) is 6.47. The van der Waals surface area contributed by atoms with Crippen LogP contribution in [0, 0.1) is 12.8 Å². The molecule has 4 rings (SSSR count). The largest absolute Gasteiger partial charge is 0.486 e. The monoisotopic (exact) mass is 399 g/mol. The quantitative estimate of drug-likeness (QED) is 0.726. The number of carbonyl (C=O) groups is 2. The van der Waals surface area contributed by atoms with Crippen LogP contribution in [0.4, 0.5) is 0 Å². The Morgan fingerprint density at radius 3 is 2.50 bits per heavy atom. The van der Waals surface area contributed by atoms with Crippen LogP contribution in [0.5, 0.6) is 11.5 Å². The van der Waals surface area contributed by atoms with Crippen molar-refractivity contribution in [2.45, 2.75) is 33.1 Å². The summed E-state index contributed by atoms with van der Waals surface area (Å²) < 4.78 is 11.1. The highest BCUT2D eigenvalue weighted by Gasteiger charge is 2.29. The van der Waals surface area contributed by atoms with E-state index in [4.69, 9.17) is 9.47 Å². The van der Waals surface area contributed by atoms with E-state index >= 15 is 0 Å². The zero-order valence-electron chi connectivity index (χ0n) is 16.3. The lowest BCUT2D eigenvalue weighted by Gasteiger charge is -2.31. The molecule has 0 unspecified atom stereocenters. The molecule has 0 saturated carbocycles. The van der Waals surface area contributed by atoms with Gasteiger partial charge >= 0.3 is 0 Å². The topological polar surface area (TPSA) is 55.8 Å². The third-order valence-corrected chi connectivity index (χ3v) is 6.67. The fourth-order valence-corrected chi connectivity index (χ4v) is 4.99. The van der Waals surface area contributed by atoms with Gasteiger partial charge in [-0.2, -0.15) is 0 Å². The highest BCUT2D eigenvalue weighted by molar-refractivity contribution is 7.14. The Hall–Kier alpha value is -2.34. The summed E-state index contributed by atoms with van der Waals surface area (Å²) in [4.78, 5) is 29.6. The summed E-state index contributed by atoms with van der Waals surface area (Å²) in [5, 5.41) is 0. The molecule has 0 radical (unpaired) electrons. The van der Waals surface area contributed by atoms with Crippen molar-refractivity contribution in [2.75, 3.05) is 26.3 Å². The minimum absolute atomic E-state index is 0.0529. The molecule has 1 fully saturated rings. The fraction of sp³-hybridized carbons (Fsp3) is 0.455. The molecule has 5 nitrogen and oxygen atoms in total. The van der Waals surface area contributed by atoms with E-state index < -0.39 is 0 Å². The molecular formula is C22H25NO4S. The molecular weight excluding hydrogens is 374 g/mol. The lowest BCUT2D eigenvalue weighted by molar-refractivity contribution is 0.0654. The van der Waals surface area contributed by atoms with Gasteiger partial charge in [-0.3, -0.25) is 9.59 Å². The number of hydrogen-bond acceptors (Lipinski definition) is 5. The fourth-order valence-electron chi connectivity index (χ4n) is 3.91. The van der Waals surface area contributed by atoms with Crippen LogP contribution in [-0.2, 0) is 6.42 Å². The van der Waals surface area contributed by atoms with Crippen molar-refractivity contribution in [3.05, 3.63) is 45.1 Å². The molecule has 1 saturated heterocycles. The molecule has 1 aromatic heterocycles. The lowest BCUT2D eigenvalue weighted by atomic mass is 9.88. The SMILES string of the molecule is CCc1cc(C(=O)N2CCC(C(=O)c3ccc4c(c3)OCCO4)CC2)sc1C. The summed E-state index contributed by atoms with van der Waals surface area (Å²) >= 11 is 1.57. The molecule has 6 heteroatoms. The van der Waals surface area contributed by atoms with E-state index in [1.807, 2.05) is 23.1 Å². The normalized spacial score (nSPS) is 16.9. The van der Waals surface area contributed by atoms with Gasteiger partial charge in [0.05, 0.1) is 4.88 Å². The van der Waals surface area contributed by atoms with E-state index in [-0.39, 0.29) is 17.6 Å². The van der Waals surface area contributed by atoms with Crippen molar-refractivity contribution >= 4 is 23.0 Å². The minimum Gasteiger partial charge on any atom is -0.486 e. The van der Waals surface area contributed by atoms with Crippen LogP contribution in [0.3, 0.4) is 0 Å². The van der Waals surface area contributed by atoms with Gasteiger partial charge in [0.25, 0.3) is 5.91 Å². The van der Waals surface area contributed by atoms with Crippen LogP contribution in [0.15, 0.2) is 24.3 Å². The number of hydrogen-bond donors (Lipinski definition) is 0. The first-order chi connectivity index (χ1) is 13.6. The molecule has 0 spiro atoms. The number of aryl methyl sites for hydroxylation is 2. The molecule has 1 aromatic carbocycles. The van der Waals surface area contributed by atoms with Gasteiger partial charge in [-0.15, -0.1) is 11.3 Å². The van der Waals surface area contributed by atoms with Gasteiger partial charge in [0.1, 0.15) is 13.2 Å². The van der Waals surface area contributed by atoms with E-state index in [9.17, 15) is 9.59 Å². The molecule has 0 aliphatic carbocycles. The smallest absolute Gasteiger partial charge is 0.263 e. The molecule has 148 valence electrons. The minimum atomic E-state index is -0.0529. The number of nitrogens with zero attached hydrogens (tertiary/aromatic N) is 1. The van der Waals surface area contributed by atoms with Gasteiger partial charge in [-0.1, -0.05) is 6.92 Å². The Kier molecular flexibility index (Phi) is 5.40. The number of carbonyl (C=O) groups excluding carboxylic acids is 2. The van der Waals surface area contributed by atoms with Crippen molar-refractivity contribution in [2.24, 2.45) is 5.92 Å². The van der Waals surface area contributed by atoms with E-state index in [0.29, 0.717) is 56.2 Å². The van der Waals surface area contributed by atoms with E-state index in [1.54, 1.807) is 17.4 Å². The molecule has 0 atom stereocenters. The molecule has 1 amide bonds. The average Bonchev–Trinajstić information content (AvgIpc) is 3.13. The maximum atomic E-state index is 12.9. The van der Waals surface area contributed by atoms with Gasteiger partial charge in [0, 0.05) is 29.4 Å². The van der Waals surface area contributed by atoms with Crippen LogP contribution >= 0.6 is 11.3 Å².